The molecule has 0 saturated carbocycles. The molecule has 1 fully saturated rings. The van der Waals surface area contributed by atoms with E-state index in [9.17, 15) is 28.8 Å². The van der Waals surface area contributed by atoms with Crippen LogP contribution in [0.4, 0.5) is 0 Å². The molecular weight excluding hydrogens is 689 g/mol. The van der Waals surface area contributed by atoms with Crippen LogP contribution in [0, 0.1) is 5.92 Å². The van der Waals surface area contributed by atoms with Gasteiger partial charge in [0.05, 0.1) is 13.2 Å². The van der Waals surface area contributed by atoms with Crippen molar-refractivity contribution in [2.75, 3.05) is 13.2 Å². The van der Waals surface area contributed by atoms with E-state index in [2.05, 4.69) is 21.3 Å². The lowest BCUT2D eigenvalue weighted by Gasteiger charge is -2.42. The van der Waals surface area contributed by atoms with Crippen LogP contribution in [0.5, 0.6) is 0 Å². The molecule has 1 saturated heterocycles. The highest BCUT2D eigenvalue weighted by atomic mass is 28.4. The number of carbonyl (C=O) groups excluding carboxylic acids is 5. The Bertz CT molecular complexity index is 1680. The number of epoxide rings is 1. The Balaban J connectivity index is 1.53. The van der Waals surface area contributed by atoms with Crippen molar-refractivity contribution in [3.05, 3.63) is 96.6 Å². The van der Waals surface area contributed by atoms with Crippen LogP contribution in [0.15, 0.2) is 91.0 Å². The van der Waals surface area contributed by atoms with E-state index in [1.54, 1.807) is 6.92 Å². The van der Waals surface area contributed by atoms with E-state index in [0.717, 1.165) is 15.9 Å². The first-order valence-corrected chi connectivity index (χ1v) is 20.2. The standard InChI is InChI=1S/C41H54N4O7Si/c1-28(2)24-34(39(50)45-35(25-30-16-10-7-11-17-30)37(48)42-26-36(47)41(6)27-52-41)44-38(49)33(43-29(3)46)22-23-40(4,5)53(51,31-18-12-8-13-19-31)32-20-14-9-15-21-32/h7-21,28,33-35,51H,22-27H2,1-6H3,(H,42,48)(H,43,46)(H,44,49)(H,45,50)/t33-,34-,35-,41+/m0/s1. The van der Waals surface area contributed by atoms with Crippen molar-refractivity contribution in [3.63, 3.8) is 0 Å². The van der Waals surface area contributed by atoms with Crippen molar-refractivity contribution in [2.45, 2.75) is 96.0 Å². The maximum atomic E-state index is 14.0. The summed E-state index contributed by atoms with van der Waals surface area (Å²) in [5.41, 5.74) is -0.106. The number of Topliss-reactive ketones (excluding diaryl/α,β-unsaturated/α-hetero) is 1. The fraction of sp³-hybridized carbons (Fsp3) is 0.439. The summed E-state index contributed by atoms with van der Waals surface area (Å²) in [5.74, 6) is -2.34. The van der Waals surface area contributed by atoms with E-state index in [0.29, 0.717) is 13.0 Å². The number of ether oxygens (including phenoxy) is 1. The summed E-state index contributed by atoms with van der Waals surface area (Å²) in [6.45, 7) is 10.8. The highest BCUT2D eigenvalue weighted by Gasteiger charge is 2.50. The van der Waals surface area contributed by atoms with E-state index in [1.165, 1.54) is 6.92 Å². The third-order valence-corrected chi connectivity index (χ3v) is 14.5. The van der Waals surface area contributed by atoms with Crippen LogP contribution in [0.1, 0.15) is 66.4 Å². The first kappa shape index (κ1) is 41.1. The lowest BCUT2D eigenvalue weighted by atomic mass is 9.99. The van der Waals surface area contributed by atoms with E-state index in [1.807, 2.05) is 119 Å². The number of benzene rings is 3. The fourth-order valence-corrected chi connectivity index (χ4v) is 10.3. The molecule has 53 heavy (non-hydrogen) atoms. The SMILES string of the molecule is CC(=O)N[C@@H](CCC(C)(C)[Si](O)(c1ccccc1)c1ccccc1)C(=O)N[C@@H](CC(C)C)C(=O)N[C@@H](Cc1ccccc1)C(=O)NCC(=O)[C@@]1(C)CO1. The maximum Gasteiger partial charge on any atom is 0.258 e. The van der Waals surface area contributed by atoms with Crippen molar-refractivity contribution in [3.8, 4) is 0 Å². The zero-order chi connectivity index (χ0) is 38.8. The van der Waals surface area contributed by atoms with Crippen molar-refractivity contribution in [1.29, 1.82) is 0 Å². The van der Waals surface area contributed by atoms with E-state index < -0.39 is 60.7 Å². The normalized spacial score (nSPS) is 17.2. The summed E-state index contributed by atoms with van der Waals surface area (Å²) in [6, 6.07) is 25.2. The third kappa shape index (κ3) is 10.9. The Morgan fingerprint density at radius 2 is 1.26 bits per heavy atom. The summed E-state index contributed by atoms with van der Waals surface area (Å²) in [6.07, 6.45) is 0.987. The molecule has 284 valence electrons. The Labute approximate surface area is 313 Å². The predicted octanol–water partition coefficient (Wildman–Crippen LogP) is 2.54. The zero-order valence-electron chi connectivity index (χ0n) is 31.6. The lowest BCUT2D eigenvalue weighted by Crippen LogP contribution is -2.65. The molecule has 5 N–H and O–H groups in total. The van der Waals surface area contributed by atoms with Crippen molar-refractivity contribution < 1.29 is 33.5 Å². The van der Waals surface area contributed by atoms with Crippen LogP contribution >= 0.6 is 0 Å². The number of hydrogen-bond donors (Lipinski definition) is 5. The fourth-order valence-electron chi connectivity index (χ4n) is 6.56. The molecule has 4 rings (SSSR count). The minimum absolute atomic E-state index is 0.0137. The molecule has 4 atom stereocenters. The van der Waals surface area contributed by atoms with Crippen LogP contribution < -0.4 is 31.6 Å². The number of amides is 4. The molecule has 0 aromatic heterocycles. The average molecular weight is 743 g/mol. The van der Waals surface area contributed by atoms with Gasteiger partial charge in [-0.05, 0) is 53.1 Å². The van der Waals surface area contributed by atoms with Gasteiger partial charge < -0.3 is 30.8 Å². The average Bonchev–Trinajstić information content (AvgIpc) is 3.90. The van der Waals surface area contributed by atoms with E-state index in [4.69, 9.17) is 4.74 Å². The molecule has 3 aromatic carbocycles. The van der Waals surface area contributed by atoms with Gasteiger partial charge in [0.25, 0.3) is 8.32 Å². The molecule has 1 aliphatic rings. The molecule has 11 nitrogen and oxygen atoms in total. The minimum Gasteiger partial charge on any atom is -0.424 e. The van der Waals surface area contributed by atoms with Crippen molar-refractivity contribution in [2.24, 2.45) is 5.92 Å². The second-order valence-electron chi connectivity index (χ2n) is 15.2. The second-order valence-corrected chi connectivity index (χ2v) is 19.1. The number of rotatable bonds is 19. The number of ketones is 1. The first-order valence-electron chi connectivity index (χ1n) is 18.3. The number of carbonyl (C=O) groups is 5. The molecule has 0 spiro atoms. The topological polar surface area (TPSA) is 166 Å². The Morgan fingerprint density at radius 1 is 0.774 bits per heavy atom. The summed E-state index contributed by atoms with van der Waals surface area (Å²) >= 11 is 0. The second kappa shape index (κ2) is 17.9. The number of nitrogens with one attached hydrogen (secondary N) is 4. The Morgan fingerprint density at radius 3 is 1.75 bits per heavy atom. The van der Waals surface area contributed by atoms with Crippen LogP contribution in [-0.4, -0.2) is 79.4 Å². The molecule has 0 aliphatic carbocycles. The molecule has 12 heteroatoms. The van der Waals surface area contributed by atoms with Gasteiger partial charge in [0.1, 0.15) is 23.7 Å². The van der Waals surface area contributed by atoms with Gasteiger partial charge in [0.15, 0.2) is 5.78 Å². The van der Waals surface area contributed by atoms with Crippen LogP contribution in [0.25, 0.3) is 0 Å². The predicted molar refractivity (Wildman–Crippen MR) is 207 cm³/mol. The van der Waals surface area contributed by atoms with Gasteiger partial charge in [0.2, 0.25) is 23.6 Å². The number of hydrogen-bond acceptors (Lipinski definition) is 7. The Kier molecular flexibility index (Phi) is 13.9. The third-order valence-electron chi connectivity index (χ3n) is 9.96. The first-order chi connectivity index (χ1) is 25.1. The summed E-state index contributed by atoms with van der Waals surface area (Å²) in [5, 5.41) is 12.1. The van der Waals surface area contributed by atoms with Gasteiger partial charge >= 0.3 is 0 Å². The smallest absolute Gasteiger partial charge is 0.258 e. The van der Waals surface area contributed by atoms with Gasteiger partial charge in [-0.3, -0.25) is 24.0 Å². The summed E-state index contributed by atoms with van der Waals surface area (Å²) < 4.78 is 5.20. The minimum atomic E-state index is -3.40. The molecule has 0 radical (unpaired) electrons. The zero-order valence-corrected chi connectivity index (χ0v) is 32.6. The Hall–Kier alpha value is -4.65. The monoisotopic (exact) mass is 742 g/mol. The maximum absolute atomic E-state index is 14.0. The molecular formula is C41H54N4O7Si. The van der Waals surface area contributed by atoms with Crippen LogP contribution in [0.2, 0.25) is 5.04 Å². The van der Waals surface area contributed by atoms with Gasteiger partial charge in [-0.15, -0.1) is 0 Å². The van der Waals surface area contributed by atoms with Gasteiger partial charge in [0, 0.05) is 13.3 Å². The van der Waals surface area contributed by atoms with Crippen LogP contribution in [0.3, 0.4) is 0 Å². The highest BCUT2D eigenvalue weighted by Crippen LogP contribution is 2.40. The van der Waals surface area contributed by atoms with Gasteiger partial charge in [-0.1, -0.05) is 119 Å². The largest absolute Gasteiger partial charge is 0.424 e. The van der Waals surface area contributed by atoms with Gasteiger partial charge in [-0.2, -0.15) is 0 Å². The summed E-state index contributed by atoms with van der Waals surface area (Å²) in [4.78, 5) is 78.9. The molecule has 0 unspecified atom stereocenters. The van der Waals surface area contributed by atoms with Crippen molar-refractivity contribution in [1.82, 2.24) is 21.3 Å². The molecule has 3 aromatic rings. The van der Waals surface area contributed by atoms with Crippen molar-refractivity contribution >= 4 is 48.1 Å². The molecule has 4 amide bonds. The summed E-state index contributed by atoms with van der Waals surface area (Å²) in [7, 11) is -3.40. The highest BCUT2D eigenvalue weighted by molar-refractivity contribution is 6.98. The van der Waals surface area contributed by atoms with E-state index >= 15 is 0 Å². The van der Waals surface area contributed by atoms with Gasteiger partial charge in [-0.25, -0.2) is 0 Å². The quantitative estimate of drug-likeness (QED) is 0.0931. The van der Waals surface area contributed by atoms with Crippen LogP contribution in [-0.2, 0) is 35.1 Å². The molecule has 1 aliphatic heterocycles. The molecule has 1 heterocycles. The lowest BCUT2D eigenvalue weighted by molar-refractivity contribution is -0.134. The van der Waals surface area contributed by atoms with E-state index in [-0.39, 0.29) is 37.5 Å². The molecule has 0 bridgehead atoms.